The molecule has 0 aromatic carbocycles. The summed E-state index contributed by atoms with van der Waals surface area (Å²) in [7, 11) is 0. The zero-order valence-electron chi connectivity index (χ0n) is 13.0. The minimum Gasteiger partial charge on any atom is -0.312 e. The largest absolute Gasteiger partial charge is 0.312 e. The lowest BCUT2D eigenvalue weighted by molar-refractivity contribution is 0.0615. The van der Waals surface area contributed by atoms with E-state index in [0.29, 0.717) is 0 Å². The van der Waals surface area contributed by atoms with Gasteiger partial charge in [0.1, 0.15) is 0 Å². The molecule has 0 aromatic heterocycles. The van der Waals surface area contributed by atoms with Gasteiger partial charge in [-0.2, -0.15) is 0 Å². The van der Waals surface area contributed by atoms with Gasteiger partial charge in [-0.05, 0) is 38.8 Å². The molecule has 0 bridgehead atoms. The molecule has 1 saturated carbocycles. The van der Waals surface area contributed by atoms with Crippen molar-refractivity contribution in [2.45, 2.75) is 64.5 Å². The van der Waals surface area contributed by atoms with Gasteiger partial charge in [0.05, 0.1) is 0 Å². The van der Waals surface area contributed by atoms with E-state index in [1.54, 1.807) is 0 Å². The molecule has 2 unspecified atom stereocenters. The zero-order valence-corrected chi connectivity index (χ0v) is 13.0. The average Bonchev–Trinajstić information content (AvgIpc) is 2.47. The van der Waals surface area contributed by atoms with Crippen LogP contribution in [0.3, 0.4) is 0 Å². The molecule has 0 aromatic rings. The minimum absolute atomic E-state index is 0.756. The Morgan fingerprint density at radius 1 is 0.947 bits per heavy atom. The quantitative estimate of drug-likeness (QED) is 0.797. The maximum Gasteiger partial charge on any atom is 0.0250 e. The monoisotopic (exact) mass is 267 g/mol. The topological polar surface area (TPSA) is 18.5 Å². The van der Waals surface area contributed by atoms with Crippen molar-refractivity contribution < 1.29 is 0 Å². The Bertz CT molecular complexity index is 236. The molecule has 0 radical (unpaired) electrons. The van der Waals surface area contributed by atoms with E-state index in [4.69, 9.17) is 0 Å². The van der Waals surface area contributed by atoms with Gasteiger partial charge in [-0.3, -0.25) is 4.90 Å². The Morgan fingerprint density at radius 2 is 1.68 bits per heavy atom. The van der Waals surface area contributed by atoms with Crippen LogP contribution in [0.4, 0.5) is 0 Å². The van der Waals surface area contributed by atoms with Gasteiger partial charge in [0, 0.05) is 38.3 Å². The van der Waals surface area contributed by atoms with E-state index < -0.39 is 0 Å². The molecule has 1 aliphatic heterocycles. The predicted molar refractivity (Wildman–Crippen MR) is 82.6 cm³/mol. The number of nitrogens with one attached hydrogen (secondary N) is 1. The van der Waals surface area contributed by atoms with Crippen LogP contribution in [0.1, 0.15) is 52.4 Å². The van der Waals surface area contributed by atoms with Gasteiger partial charge in [-0.25, -0.2) is 0 Å². The zero-order chi connectivity index (χ0) is 13.5. The summed E-state index contributed by atoms with van der Waals surface area (Å²) in [4.78, 5) is 5.41. The Hall–Kier alpha value is -0.120. The van der Waals surface area contributed by atoms with Gasteiger partial charge in [-0.1, -0.05) is 26.7 Å². The van der Waals surface area contributed by atoms with Crippen molar-refractivity contribution in [3.8, 4) is 0 Å². The molecular weight excluding hydrogens is 234 g/mol. The normalized spacial score (nSPS) is 30.6. The molecule has 2 aliphatic rings. The molecule has 19 heavy (non-hydrogen) atoms. The third kappa shape index (κ3) is 4.44. The molecule has 2 atom stereocenters. The van der Waals surface area contributed by atoms with Gasteiger partial charge < -0.3 is 10.2 Å². The summed E-state index contributed by atoms with van der Waals surface area (Å²) in [5.41, 5.74) is 0. The van der Waals surface area contributed by atoms with E-state index in [2.05, 4.69) is 29.0 Å². The van der Waals surface area contributed by atoms with E-state index in [0.717, 1.165) is 12.1 Å². The van der Waals surface area contributed by atoms with E-state index in [-0.39, 0.29) is 0 Å². The molecule has 112 valence electrons. The number of piperazine rings is 1. The SMILES string of the molecule is CCCNC1CCCCC1N1CCN(CCC)CC1. The van der Waals surface area contributed by atoms with Crippen LogP contribution in [0.15, 0.2) is 0 Å². The molecule has 1 aliphatic carbocycles. The van der Waals surface area contributed by atoms with Crippen LogP contribution in [-0.2, 0) is 0 Å². The number of nitrogens with zero attached hydrogens (tertiary/aromatic N) is 2. The van der Waals surface area contributed by atoms with Crippen LogP contribution in [0.25, 0.3) is 0 Å². The second-order valence-electron chi connectivity index (χ2n) is 6.29. The lowest BCUT2D eigenvalue weighted by Crippen LogP contribution is -2.57. The van der Waals surface area contributed by atoms with Crippen molar-refractivity contribution >= 4 is 0 Å². The van der Waals surface area contributed by atoms with Crippen molar-refractivity contribution in [1.82, 2.24) is 15.1 Å². The standard InChI is InChI=1S/C16H33N3/c1-3-9-17-15-7-5-6-8-16(15)19-13-11-18(10-4-2)12-14-19/h15-17H,3-14H2,1-2H3. The van der Waals surface area contributed by atoms with Crippen molar-refractivity contribution in [3.05, 3.63) is 0 Å². The van der Waals surface area contributed by atoms with Crippen molar-refractivity contribution in [3.63, 3.8) is 0 Å². The average molecular weight is 267 g/mol. The summed E-state index contributed by atoms with van der Waals surface area (Å²) >= 11 is 0. The fourth-order valence-corrected chi connectivity index (χ4v) is 3.75. The number of rotatable bonds is 6. The highest BCUT2D eigenvalue weighted by Gasteiger charge is 2.31. The Labute approximate surface area is 119 Å². The summed E-state index contributed by atoms with van der Waals surface area (Å²) in [5.74, 6) is 0. The first kappa shape index (κ1) is 15.3. The third-order valence-corrected chi connectivity index (χ3v) is 4.80. The fraction of sp³-hybridized carbons (Fsp3) is 1.00. The van der Waals surface area contributed by atoms with Gasteiger partial charge in [0.15, 0.2) is 0 Å². The van der Waals surface area contributed by atoms with Crippen LogP contribution < -0.4 is 5.32 Å². The summed E-state index contributed by atoms with van der Waals surface area (Å²) in [6.07, 6.45) is 8.21. The van der Waals surface area contributed by atoms with Crippen LogP contribution in [-0.4, -0.2) is 61.2 Å². The molecular formula is C16H33N3. The van der Waals surface area contributed by atoms with Crippen LogP contribution in [0, 0.1) is 0 Å². The molecule has 3 heteroatoms. The van der Waals surface area contributed by atoms with Crippen LogP contribution in [0.2, 0.25) is 0 Å². The fourth-order valence-electron chi connectivity index (χ4n) is 3.75. The molecule has 2 rings (SSSR count). The molecule has 3 nitrogen and oxygen atoms in total. The summed E-state index contributed by atoms with van der Waals surface area (Å²) in [6.45, 7) is 12.2. The Balaban J connectivity index is 1.81. The first-order chi connectivity index (χ1) is 9.35. The number of hydrogen-bond acceptors (Lipinski definition) is 3. The van der Waals surface area contributed by atoms with E-state index in [9.17, 15) is 0 Å². The molecule has 0 amide bonds. The third-order valence-electron chi connectivity index (χ3n) is 4.80. The Morgan fingerprint density at radius 3 is 2.37 bits per heavy atom. The summed E-state index contributed by atoms with van der Waals surface area (Å²) < 4.78 is 0. The highest BCUT2D eigenvalue weighted by molar-refractivity contribution is 4.90. The first-order valence-corrected chi connectivity index (χ1v) is 8.55. The summed E-state index contributed by atoms with van der Waals surface area (Å²) in [6, 6.07) is 1.57. The lowest BCUT2D eigenvalue weighted by atomic mass is 9.88. The second-order valence-corrected chi connectivity index (χ2v) is 6.29. The van der Waals surface area contributed by atoms with Crippen molar-refractivity contribution in [2.24, 2.45) is 0 Å². The predicted octanol–water partition coefficient (Wildman–Crippen LogP) is 2.32. The van der Waals surface area contributed by atoms with Gasteiger partial charge in [0.25, 0.3) is 0 Å². The second kappa shape index (κ2) is 8.23. The maximum atomic E-state index is 3.80. The van der Waals surface area contributed by atoms with Crippen LogP contribution in [0.5, 0.6) is 0 Å². The molecule has 2 fully saturated rings. The Kier molecular flexibility index (Phi) is 6.62. The van der Waals surface area contributed by atoms with Gasteiger partial charge >= 0.3 is 0 Å². The van der Waals surface area contributed by atoms with Gasteiger partial charge in [-0.15, -0.1) is 0 Å². The molecule has 1 heterocycles. The maximum absolute atomic E-state index is 3.80. The van der Waals surface area contributed by atoms with E-state index in [1.807, 2.05) is 0 Å². The van der Waals surface area contributed by atoms with Crippen molar-refractivity contribution in [1.29, 1.82) is 0 Å². The number of hydrogen-bond donors (Lipinski definition) is 1. The smallest absolute Gasteiger partial charge is 0.0250 e. The molecule has 1 saturated heterocycles. The van der Waals surface area contributed by atoms with E-state index in [1.165, 1.54) is 77.8 Å². The molecule has 0 spiro atoms. The highest BCUT2D eigenvalue weighted by atomic mass is 15.3. The van der Waals surface area contributed by atoms with E-state index >= 15 is 0 Å². The lowest BCUT2D eigenvalue weighted by Gasteiger charge is -2.44. The van der Waals surface area contributed by atoms with Crippen molar-refractivity contribution in [2.75, 3.05) is 39.3 Å². The summed E-state index contributed by atoms with van der Waals surface area (Å²) in [5, 5.41) is 3.80. The highest BCUT2D eigenvalue weighted by Crippen LogP contribution is 2.24. The van der Waals surface area contributed by atoms with Gasteiger partial charge in [0.2, 0.25) is 0 Å². The van der Waals surface area contributed by atoms with Crippen LogP contribution >= 0.6 is 0 Å². The minimum atomic E-state index is 0.756. The first-order valence-electron chi connectivity index (χ1n) is 8.55. The molecule has 1 N–H and O–H groups in total.